The number of rotatable bonds is 7. The second-order valence-electron chi connectivity index (χ2n) is 8.20. The molecule has 176 valence electrons. The van der Waals surface area contributed by atoms with Gasteiger partial charge in [-0.25, -0.2) is 13.2 Å². The predicted molar refractivity (Wildman–Crippen MR) is 125 cm³/mol. The number of benzene rings is 2. The molecule has 0 spiro atoms. The highest BCUT2D eigenvalue weighted by atomic mass is 35.5. The number of halogens is 1. The molecule has 2 aromatic carbocycles. The Labute approximate surface area is 198 Å². The van der Waals surface area contributed by atoms with E-state index in [2.05, 4.69) is 10.2 Å². The Morgan fingerprint density at radius 3 is 2.36 bits per heavy atom. The van der Waals surface area contributed by atoms with E-state index in [1.165, 1.54) is 29.4 Å². The van der Waals surface area contributed by atoms with Crippen LogP contribution in [0.25, 0.3) is 0 Å². The first kappa shape index (κ1) is 23.5. The maximum atomic E-state index is 13.2. The summed E-state index contributed by atoms with van der Waals surface area (Å²) in [4.78, 5) is 26.8. The highest BCUT2D eigenvalue weighted by molar-refractivity contribution is 7.89. The lowest BCUT2D eigenvalue weighted by Gasteiger charge is -2.35. The second-order valence-corrected chi connectivity index (χ2v) is 10.5. The van der Waals surface area contributed by atoms with Crippen LogP contribution in [0.2, 0.25) is 5.02 Å². The average Bonchev–Trinajstić information content (AvgIpc) is 3.63. The fourth-order valence-electron chi connectivity index (χ4n) is 3.62. The van der Waals surface area contributed by atoms with Crippen LogP contribution in [0, 0.1) is 0 Å². The third-order valence-corrected chi connectivity index (χ3v) is 7.96. The van der Waals surface area contributed by atoms with Crippen LogP contribution in [0.3, 0.4) is 0 Å². The van der Waals surface area contributed by atoms with Gasteiger partial charge >= 0.3 is 5.97 Å². The molecule has 1 N–H and O–H groups in total. The maximum Gasteiger partial charge on any atom is 0.340 e. The third-order valence-electron chi connectivity index (χ3n) is 5.73. The predicted octanol–water partition coefficient (Wildman–Crippen LogP) is 2.67. The molecule has 1 saturated carbocycles. The van der Waals surface area contributed by atoms with E-state index in [0.717, 1.165) is 18.5 Å². The number of hydrogen-bond donors (Lipinski definition) is 1. The highest BCUT2D eigenvalue weighted by Crippen LogP contribution is 2.26. The summed E-state index contributed by atoms with van der Waals surface area (Å²) in [7, 11) is -3.83. The normalized spacial score (nSPS) is 17.9. The van der Waals surface area contributed by atoms with Crippen molar-refractivity contribution in [3.8, 4) is 0 Å². The Balaban J connectivity index is 1.44. The largest absolute Gasteiger partial charge is 0.449 e. The van der Waals surface area contributed by atoms with E-state index in [9.17, 15) is 18.0 Å². The molecule has 0 bridgehead atoms. The second kappa shape index (κ2) is 9.70. The summed E-state index contributed by atoms with van der Waals surface area (Å²) in [5.74, 6) is -1.23. The van der Waals surface area contributed by atoms with E-state index >= 15 is 0 Å². The summed E-state index contributed by atoms with van der Waals surface area (Å²) in [5.41, 5.74) is 0.956. The van der Waals surface area contributed by atoms with Crippen LogP contribution in [0.4, 0.5) is 5.69 Å². The maximum absolute atomic E-state index is 13.2. The van der Waals surface area contributed by atoms with Crippen LogP contribution >= 0.6 is 11.6 Å². The molecule has 0 radical (unpaired) electrons. The van der Waals surface area contributed by atoms with E-state index in [4.69, 9.17) is 16.3 Å². The molecule has 1 atom stereocenters. The van der Waals surface area contributed by atoms with Crippen molar-refractivity contribution < 1.29 is 22.7 Å². The number of nitrogens with zero attached hydrogens (tertiary/aromatic N) is 2. The van der Waals surface area contributed by atoms with Gasteiger partial charge in [-0.3, -0.25) is 4.79 Å². The number of piperazine rings is 1. The highest BCUT2D eigenvalue weighted by Gasteiger charge is 2.31. The van der Waals surface area contributed by atoms with E-state index in [1.54, 1.807) is 0 Å². The summed E-state index contributed by atoms with van der Waals surface area (Å²) in [6.45, 7) is 3.21. The Morgan fingerprint density at radius 1 is 1.06 bits per heavy atom. The first-order valence-corrected chi connectivity index (χ1v) is 12.7. The quantitative estimate of drug-likeness (QED) is 0.598. The van der Waals surface area contributed by atoms with Crippen LogP contribution in [0.5, 0.6) is 0 Å². The topological polar surface area (TPSA) is 96.0 Å². The van der Waals surface area contributed by atoms with Crippen molar-refractivity contribution >= 4 is 39.2 Å². The van der Waals surface area contributed by atoms with Crippen molar-refractivity contribution in [2.24, 2.45) is 0 Å². The molecule has 10 heteroatoms. The molecular formula is C23H26ClN3O5S. The van der Waals surface area contributed by atoms with Gasteiger partial charge in [0, 0.05) is 37.9 Å². The molecule has 2 aliphatic rings. The molecule has 1 heterocycles. The smallest absolute Gasteiger partial charge is 0.340 e. The number of ether oxygens (including phenoxy) is 1. The molecular weight excluding hydrogens is 466 g/mol. The van der Waals surface area contributed by atoms with Crippen LogP contribution in [0.15, 0.2) is 53.4 Å². The minimum absolute atomic E-state index is 0.0397. The van der Waals surface area contributed by atoms with Crippen molar-refractivity contribution in [1.82, 2.24) is 9.62 Å². The Bertz CT molecular complexity index is 1130. The monoisotopic (exact) mass is 491 g/mol. The summed E-state index contributed by atoms with van der Waals surface area (Å²) >= 11 is 6.15. The molecule has 0 unspecified atom stereocenters. The summed E-state index contributed by atoms with van der Waals surface area (Å²) in [6.07, 6.45) is 0.815. The number of nitrogens with one attached hydrogen (secondary N) is 1. The zero-order chi connectivity index (χ0) is 23.6. The van der Waals surface area contributed by atoms with Gasteiger partial charge in [0.05, 0.1) is 15.5 Å². The fourth-order valence-corrected chi connectivity index (χ4v) is 5.26. The van der Waals surface area contributed by atoms with Gasteiger partial charge in [0.1, 0.15) is 0 Å². The molecule has 2 aromatic rings. The average molecular weight is 492 g/mol. The molecule has 2 fully saturated rings. The van der Waals surface area contributed by atoms with Gasteiger partial charge in [0.15, 0.2) is 6.10 Å². The number of carbonyl (C=O) groups is 2. The summed E-state index contributed by atoms with van der Waals surface area (Å²) < 4.78 is 33.1. The lowest BCUT2D eigenvalue weighted by Crippen LogP contribution is -2.48. The molecule has 1 aliphatic carbocycles. The lowest BCUT2D eigenvalue weighted by atomic mass is 10.2. The van der Waals surface area contributed by atoms with Crippen LogP contribution < -0.4 is 10.2 Å². The number of anilines is 1. The molecule has 1 amide bonds. The van der Waals surface area contributed by atoms with Gasteiger partial charge in [0.2, 0.25) is 10.0 Å². The van der Waals surface area contributed by atoms with E-state index in [1.807, 2.05) is 30.3 Å². The van der Waals surface area contributed by atoms with Crippen molar-refractivity contribution in [2.45, 2.75) is 36.8 Å². The Kier molecular flexibility index (Phi) is 6.92. The zero-order valence-corrected chi connectivity index (χ0v) is 19.8. The van der Waals surface area contributed by atoms with Crippen molar-refractivity contribution in [1.29, 1.82) is 0 Å². The molecule has 8 nitrogen and oxygen atoms in total. The van der Waals surface area contributed by atoms with Gasteiger partial charge < -0.3 is 15.0 Å². The molecule has 1 aliphatic heterocycles. The van der Waals surface area contributed by atoms with Crippen LogP contribution in [0.1, 0.15) is 30.1 Å². The van der Waals surface area contributed by atoms with Crippen molar-refractivity contribution in [3.63, 3.8) is 0 Å². The van der Waals surface area contributed by atoms with Crippen LogP contribution in [-0.2, 0) is 19.6 Å². The van der Waals surface area contributed by atoms with Gasteiger partial charge in [-0.15, -0.1) is 0 Å². The molecule has 0 aromatic heterocycles. The first-order chi connectivity index (χ1) is 15.8. The molecule has 4 rings (SSSR count). The van der Waals surface area contributed by atoms with Crippen molar-refractivity contribution in [2.75, 3.05) is 31.1 Å². The fraction of sp³-hybridized carbons (Fsp3) is 0.391. The standard InChI is InChI=1S/C23H26ClN3O5S/c1-16(22(28)25-17-7-8-17)32-23(29)20-15-19(9-10-21(20)24)33(30,31)27-13-11-26(12-14-27)18-5-3-2-4-6-18/h2-6,9-10,15-17H,7-8,11-14H2,1H3,(H,25,28)/t16-/m1/s1. The lowest BCUT2D eigenvalue weighted by molar-refractivity contribution is -0.129. The minimum atomic E-state index is -3.83. The SMILES string of the molecule is C[C@@H](OC(=O)c1cc(S(=O)(=O)N2CCN(c3ccccc3)CC2)ccc1Cl)C(=O)NC1CC1. The number of sulfonamides is 1. The zero-order valence-electron chi connectivity index (χ0n) is 18.2. The van der Waals surface area contributed by atoms with Gasteiger partial charge in [-0.2, -0.15) is 4.31 Å². The number of para-hydroxylation sites is 1. The summed E-state index contributed by atoms with van der Waals surface area (Å²) in [6, 6.07) is 13.9. The number of hydrogen-bond acceptors (Lipinski definition) is 6. The van der Waals surface area contributed by atoms with Crippen molar-refractivity contribution in [3.05, 3.63) is 59.1 Å². The number of esters is 1. The van der Waals surface area contributed by atoms with E-state index in [0.29, 0.717) is 26.2 Å². The number of amides is 1. The minimum Gasteiger partial charge on any atom is -0.449 e. The number of carbonyl (C=O) groups excluding carboxylic acids is 2. The van der Waals surface area contributed by atoms with Gasteiger partial charge in [0.25, 0.3) is 5.91 Å². The Hall–Kier alpha value is -2.62. The molecule has 33 heavy (non-hydrogen) atoms. The van der Waals surface area contributed by atoms with Gasteiger partial charge in [-0.1, -0.05) is 29.8 Å². The van der Waals surface area contributed by atoms with E-state index in [-0.39, 0.29) is 27.4 Å². The third kappa shape index (κ3) is 5.48. The first-order valence-electron chi connectivity index (χ1n) is 10.9. The van der Waals surface area contributed by atoms with Gasteiger partial charge in [-0.05, 0) is 50.1 Å². The summed E-state index contributed by atoms with van der Waals surface area (Å²) in [5, 5.41) is 2.82. The Morgan fingerprint density at radius 2 is 1.73 bits per heavy atom. The van der Waals surface area contributed by atoms with Crippen LogP contribution in [-0.4, -0.2) is 62.9 Å². The van der Waals surface area contributed by atoms with E-state index < -0.39 is 22.1 Å². The molecule has 1 saturated heterocycles.